The molecule has 0 bridgehead atoms. The SMILES string of the molecule is COCCOc1nnc(Br)s1. The molecule has 0 fully saturated rings. The molecule has 0 aromatic carbocycles. The van der Waals surface area contributed by atoms with E-state index in [-0.39, 0.29) is 0 Å². The number of ether oxygens (including phenoxy) is 2. The summed E-state index contributed by atoms with van der Waals surface area (Å²) in [6, 6.07) is 0. The lowest BCUT2D eigenvalue weighted by Crippen LogP contribution is -2.03. The largest absolute Gasteiger partial charge is 0.466 e. The summed E-state index contributed by atoms with van der Waals surface area (Å²) in [5.41, 5.74) is 0. The highest BCUT2D eigenvalue weighted by Gasteiger charge is 2.00. The van der Waals surface area contributed by atoms with Gasteiger partial charge in [0.2, 0.25) is 0 Å². The zero-order valence-electron chi connectivity index (χ0n) is 5.91. The van der Waals surface area contributed by atoms with Crippen molar-refractivity contribution < 1.29 is 9.47 Å². The molecule has 1 aromatic heterocycles. The van der Waals surface area contributed by atoms with E-state index in [1.54, 1.807) is 7.11 Å². The fourth-order valence-corrected chi connectivity index (χ4v) is 1.41. The summed E-state index contributed by atoms with van der Waals surface area (Å²) in [6.07, 6.45) is 0. The molecule has 0 spiro atoms. The number of rotatable bonds is 4. The van der Waals surface area contributed by atoms with E-state index in [4.69, 9.17) is 9.47 Å². The highest BCUT2D eigenvalue weighted by Crippen LogP contribution is 2.21. The second-order valence-corrected chi connectivity index (χ2v) is 3.88. The maximum atomic E-state index is 5.16. The fraction of sp³-hybridized carbons (Fsp3) is 0.600. The van der Waals surface area contributed by atoms with E-state index in [9.17, 15) is 0 Å². The molecule has 4 nitrogen and oxygen atoms in total. The van der Waals surface area contributed by atoms with E-state index in [0.717, 1.165) is 3.92 Å². The van der Waals surface area contributed by atoms with Crippen molar-refractivity contribution in [3.8, 4) is 5.19 Å². The van der Waals surface area contributed by atoms with E-state index in [0.29, 0.717) is 18.4 Å². The van der Waals surface area contributed by atoms with Gasteiger partial charge in [0, 0.05) is 7.11 Å². The van der Waals surface area contributed by atoms with Crippen LogP contribution >= 0.6 is 27.3 Å². The molecule has 1 rings (SSSR count). The molecule has 1 aromatic rings. The number of nitrogens with zero attached hydrogens (tertiary/aromatic N) is 2. The lowest BCUT2D eigenvalue weighted by molar-refractivity contribution is 0.145. The van der Waals surface area contributed by atoms with E-state index in [1.807, 2.05) is 0 Å². The summed E-state index contributed by atoms with van der Waals surface area (Å²) in [7, 11) is 1.62. The van der Waals surface area contributed by atoms with Crippen LogP contribution in [0.4, 0.5) is 0 Å². The Bertz CT molecular complexity index is 218. The normalized spacial score (nSPS) is 10.0. The van der Waals surface area contributed by atoms with Crippen LogP contribution in [-0.4, -0.2) is 30.5 Å². The maximum Gasteiger partial charge on any atom is 0.294 e. The van der Waals surface area contributed by atoms with Gasteiger partial charge in [-0.1, -0.05) is 5.10 Å². The Balaban J connectivity index is 2.27. The molecule has 1 heterocycles. The minimum absolute atomic E-state index is 0.512. The average molecular weight is 239 g/mol. The molecule has 0 saturated carbocycles. The van der Waals surface area contributed by atoms with Crippen molar-refractivity contribution in [1.82, 2.24) is 10.2 Å². The van der Waals surface area contributed by atoms with Gasteiger partial charge in [-0.25, -0.2) is 0 Å². The second kappa shape index (κ2) is 4.63. The molecule has 0 atom stereocenters. The van der Waals surface area contributed by atoms with Crippen LogP contribution in [0.25, 0.3) is 0 Å². The third-order valence-corrected chi connectivity index (χ3v) is 2.16. The number of hydrogen-bond acceptors (Lipinski definition) is 5. The predicted molar refractivity (Wildman–Crippen MR) is 45.0 cm³/mol. The third-order valence-electron chi connectivity index (χ3n) is 0.895. The van der Waals surface area contributed by atoms with E-state index in [2.05, 4.69) is 26.1 Å². The van der Waals surface area contributed by atoms with Gasteiger partial charge >= 0.3 is 0 Å². The average Bonchev–Trinajstić information content (AvgIpc) is 2.37. The van der Waals surface area contributed by atoms with Crippen LogP contribution in [0, 0.1) is 0 Å². The first-order chi connectivity index (χ1) is 5.33. The smallest absolute Gasteiger partial charge is 0.294 e. The topological polar surface area (TPSA) is 44.2 Å². The van der Waals surface area contributed by atoms with Crippen molar-refractivity contribution in [2.75, 3.05) is 20.3 Å². The molecular weight excluding hydrogens is 232 g/mol. The zero-order chi connectivity index (χ0) is 8.10. The maximum absolute atomic E-state index is 5.16. The molecule has 11 heavy (non-hydrogen) atoms. The van der Waals surface area contributed by atoms with Gasteiger partial charge in [0.05, 0.1) is 6.61 Å². The minimum Gasteiger partial charge on any atom is -0.466 e. The first-order valence-corrected chi connectivity index (χ1v) is 4.54. The molecule has 0 unspecified atom stereocenters. The van der Waals surface area contributed by atoms with Crippen LogP contribution in [0.3, 0.4) is 0 Å². The Labute approximate surface area is 76.7 Å². The standard InChI is InChI=1S/C5H7BrN2O2S/c1-9-2-3-10-5-8-7-4(6)11-5/h2-3H2,1H3. The van der Waals surface area contributed by atoms with Gasteiger partial charge in [-0.05, 0) is 27.3 Å². The summed E-state index contributed by atoms with van der Waals surface area (Å²) in [6.45, 7) is 1.08. The summed E-state index contributed by atoms with van der Waals surface area (Å²) in [4.78, 5) is 0. The van der Waals surface area contributed by atoms with Crippen molar-refractivity contribution in [2.45, 2.75) is 0 Å². The lowest BCUT2D eigenvalue weighted by atomic mass is 10.8. The van der Waals surface area contributed by atoms with Crippen LogP contribution in [0.5, 0.6) is 5.19 Å². The number of halogens is 1. The first kappa shape index (κ1) is 8.89. The monoisotopic (exact) mass is 238 g/mol. The predicted octanol–water partition coefficient (Wildman–Crippen LogP) is 1.33. The van der Waals surface area contributed by atoms with E-state index in [1.165, 1.54) is 11.3 Å². The van der Waals surface area contributed by atoms with E-state index >= 15 is 0 Å². The van der Waals surface area contributed by atoms with Gasteiger partial charge in [-0.15, -0.1) is 5.10 Å². The molecule has 0 N–H and O–H groups in total. The van der Waals surface area contributed by atoms with Crippen LogP contribution in [-0.2, 0) is 4.74 Å². The fourth-order valence-electron chi connectivity index (χ4n) is 0.464. The molecule has 6 heteroatoms. The van der Waals surface area contributed by atoms with Crippen molar-refractivity contribution >= 4 is 27.3 Å². The van der Waals surface area contributed by atoms with Gasteiger partial charge in [-0.3, -0.25) is 0 Å². The van der Waals surface area contributed by atoms with Crippen LogP contribution in [0.15, 0.2) is 3.92 Å². The molecule has 0 aliphatic rings. The number of hydrogen-bond donors (Lipinski definition) is 0. The molecule has 0 radical (unpaired) electrons. The number of methoxy groups -OCH3 is 1. The van der Waals surface area contributed by atoms with Crippen LogP contribution < -0.4 is 4.74 Å². The minimum atomic E-state index is 0.512. The van der Waals surface area contributed by atoms with Crippen molar-refractivity contribution in [3.05, 3.63) is 3.92 Å². The van der Waals surface area contributed by atoms with Gasteiger partial charge in [0.1, 0.15) is 6.61 Å². The lowest BCUT2D eigenvalue weighted by Gasteiger charge is -1.97. The van der Waals surface area contributed by atoms with Crippen LogP contribution in [0.1, 0.15) is 0 Å². The highest BCUT2D eigenvalue weighted by molar-refractivity contribution is 9.11. The Morgan fingerprint density at radius 1 is 1.45 bits per heavy atom. The zero-order valence-corrected chi connectivity index (χ0v) is 8.31. The van der Waals surface area contributed by atoms with Crippen LogP contribution in [0.2, 0.25) is 0 Å². The summed E-state index contributed by atoms with van der Waals surface area (Å²) < 4.78 is 10.7. The van der Waals surface area contributed by atoms with Gasteiger partial charge < -0.3 is 9.47 Å². The van der Waals surface area contributed by atoms with Gasteiger partial charge in [-0.2, -0.15) is 0 Å². The molecule has 0 aliphatic heterocycles. The van der Waals surface area contributed by atoms with Gasteiger partial charge in [0.15, 0.2) is 3.92 Å². The van der Waals surface area contributed by atoms with E-state index < -0.39 is 0 Å². The highest BCUT2D eigenvalue weighted by atomic mass is 79.9. The Hall–Kier alpha value is -0.200. The quantitative estimate of drug-likeness (QED) is 0.743. The molecular formula is C5H7BrN2O2S. The molecule has 0 amide bonds. The Morgan fingerprint density at radius 2 is 2.27 bits per heavy atom. The van der Waals surface area contributed by atoms with Crippen molar-refractivity contribution in [1.29, 1.82) is 0 Å². The Kier molecular flexibility index (Phi) is 3.74. The summed E-state index contributed by atoms with van der Waals surface area (Å²) in [5, 5.41) is 8.01. The third kappa shape index (κ3) is 3.13. The first-order valence-electron chi connectivity index (χ1n) is 2.93. The molecule has 0 aliphatic carbocycles. The number of aromatic nitrogens is 2. The van der Waals surface area contributed by atoms with Crippen molar-refractivity contribution in [2.24, 2.45) is 0 Å². The summed E-state index contributed by atoms with van der Waals surface area (Å²) in [5.74, 6) is 0. The van der Waals surface area contributed by atoms with Gasteiger partial charge in [0.25, 0.3) is 5.19 Å². The van der Waals surface area contributed by atoms with Crippen molar-refractivity contribution in [3.63, 3.8) is 0 Å². The second-order valence-electron chi connectivity index (χ2n) is 1.66. The Morgan fingerprint density at radius 3 is 2.82 bits per heavy atom. The molecule has 62 valence electrons. The molecule has 0 saturated heterocycles. The summed E-state index contributed by atoms with van der Waals surface area (Å²) >= 11 is 4.53.